The number of aromatic hydroxyl groups is 2. The van der Waals surface area contributed by atoms with Gasteiger partial charge in [-0.2, -0.15) is 0 Å². The van der Waals surface area contributed by atoms with Crippen LogP contribution in [-0.2, 0) is 24.0 Å². The molecule has 0 aliphatic heterocycles. The molecular weight excluding hydrogens is 454 g/mol. The number of rotatable bonds is 15. The minimum absolute atomic E-state index is 0.0499. The second kappa shape index (κ2) is 13.6. The van der Waals surface area contributed by atoms with Gasteiger partial charge < -0.3 is 35.7 Å². The summed E-state index contributed by atoms with van der Waals surface area (Å²) in [5.74, 6) is -6.25. The molecule has 0 spiro atoms. The van der Waals surface area contributed by atoms with E-state index in [-0.39, 0.29) is 56.2 Å². The fourth-order valence-corrected chi connectivity index (χ4v) is 3.06. The lowest BCUT2D eigenvalue weighted by atomic mass is 10.1. The number of anilines is 1. The predicted octanol–water partition coefficient (Wildman–Crippen LogP) is 0.0980. The molecule has 0 fully saturated rings. The third kappa shape index (κ3) is 8.94. The molecule has 0 aliphatic carbocycles. The number of benzene rings is 1. The van der Waals surface area contributed by atoms with Crippen molar-refractivity contribution >= 4 is 35.4 Å². The molecule has 13 heteroatoms. The van der Waals surface area contributed by atoms with E-state index in [1.807, 2.05) is 0 Å². The first-order chi connectivity index (χ1) is 16.0. The van der Waals surface area contributed by atoms with Crippen LogP contribution >= 0.6 is 0 Å². The second-order valence-corrected chi connectivity index (χ2v) is 7.32. The van der Waals surface area contributed by atoms with Gasteiger partial charge in [-0.05, 0) is 38.3 Å². The van der Waals surface area contributed by atoms with Crippen LogP contribution < -0.4 is 15.5 Å². The lowest BCUT2D eigenvalue weighted by Crippen LogP contribution is -2.51. The van der Waals surface area contributed by atoms with Crippen LogP contribution in [0.15, 0.2) is 18.2 Å². The van der Waals surface area contributed by atoms with Crippen molar-refractivity contribution in [1.82, 2.24) is 10.6 Å². The maximum absolute atomic E-state index is 12.4. The van der Waals surface area contributed by atoms with E-state index in [1.54, 1.807) is 6.92 Å². The normalized spacial score (nSPS) is 11.6. The van der Waals surface area contributed by atoms with Gasteiger partial charge in [-0.3, -0.25) is 19.7 Å². The number of phenolic OH excluding ortho intramolecular Hbond substituents is 2. The molecule has 0 heterocycles. The minimum atomic E-state index is -2.05. The van der Waals surface area contributed by atoms with Crippen LogP contribution in [0.3, 0.4) is 0 Å². The van der Waals surface area contributed by atoms with Gasteiger partial charge in [0.1, 0.15) is 6.04 Å². The first-order valence-electron chi connectivity index (χ1n) is 10.5. The van der Waals surface area contributed by atoms with Crippen LogP contribution in [0.1, 0.15) is 39.0 Å². The number of unbranched alkanes of at least 4 members (excludes halogenated alkanes) is 1. The Kier molecular flexibility index (Phi) is 11.3. The molecule has 1 rings (SSSR count). The lowest BCUT2D eigenvalue weighted by molar-refractivity contribution is -0.152. The fraction of sp³-hybridized carbons (Fsp3) is 0.476. The zero-order valence-electron chi connectivity index (χ0n) is 18.6. The molecule has 0 radical (unpaired) electrons. The maximum Gasteiger partial charge on any atom is 0.332 e. The molecular formula is C21H29N3O10. The minimum Gasteiger partial charge on any atom is -0.504 e. The molecule has 0 aliphatic rings. The molecule has 34 heavy (non-hydrogen) atoms. The molecule has 2 amide bonds. The van der Waals surface area contributed by atoms with Gasteiger partial charge in [0.05, 0.1) is 0 Å². The van der Waals surface area contributed by atoms with E-state index in [1.165, 1.54) is 23.1 Å². The van der Waals surface area contributed by atoms with E-state index in [2.05, 4.69) is 10.6 Å². The monoisotopic (exact) mass is 483 g/mol. The molecule has 1 unspecified atom stereocenters. The molecule has 188 valence electrons. The van der Waals surface area contributed by atoms with Gasteiger partial charge in [-0.15, -0.1) is 0 Å². The van der Waals surface area contributed by atoms with Crippen molar-refractivity contribution in [2.75, 3.05) is 18.0 Å². The smallest absolute Gasteiger partial charge is 0.332 e. The highest BCUT2D eigenvalue weighted by Gasteiger charge is 2.31. The van der Waals surface area contributed by atoms with E-state index in [0.29, 0.717) is 12.1 Å². The number of nitrogens with one attached hydrogen (secondary N) is 2. The SMILES string of the molecule is CCN(C(=O)CCC(=O)NCCCCC(NC(C(=O)O)C(=O)O)C(=O)O)c1ccc(O)c(O)c1. The van der Waals surface area contributed by atoms with E-state index in [4.69, 9.17) is 15.3 Å². The first-order valence-corrected chi connectivity index (χ1v) is 10.5. The highest BCUT2D eigenvalue weighted by molar-refractivity contribution is 5.98. The van der Waals surface area contributed by atoms with Crippen LogP contribution in [-0.4, -0.2) is 80.4 Å². The van der Waals surface area contributed by atoms with Crippen molar-refractivity contribution < 1.29 is 49.5 Å². The van der Waals surface area contributed by atoms with E-state index >= 15 is 0 Å². The average molecular weight is 483 g/mol. The van der Waals surface area contributed by atoms with Gasteiger partial charge in [0.25, 0.3) is 0 Å². The number of hydrogen-bond acceptors (Lipinski definition) is 8. The number of amides is 2. The van der Waals surface area contributed by atoms with Crippen molar-refractivity contribution in [3.63, 3.8) is 0 Å². The van der Waals surface area contributed by atoms with Crippen molar-refractivity contribution in [2.24, 2.45) is 0 Å². The Bertz CT molecular complexity index is 891. The summed E-state index contributed by atoms with van der Waals surface area (Å²) in [6, 6.07) is 0.522. The number of carboxylic acid groups (broad SMARTS) is 3. The summed E-state index contributed by atoms with van der Waals surface area (Å²) in [4.78, 5) is 58.8. The zero-order valence-corrected chi connectivity index (χ0v) is 18.6. The van der Waals surface area contributed by atoms with Crippen LogP contribution in [0, 0.1) is 0 Å². The number of carbonyl (C=O) groups is 5. The average Bonchev–Trinajstić information content (AvgIpc) is 2.76. The Morgan fingerprint density at radius 1 is 0.912 bits per heavy atom. The van der Waals surface area contributed by atoms with E-state index < -0.39 is 35.9 Å². The van der Waals surface area contributed by atoms with Gasteiger partial charge in [0.15, 0.2) is 11.5 Å². The standard InChI is InChI=1S/C21H29N3O10/c1-2-24(12-6-7-14(25)15(26)11-12)17(28)9-8-16(27)22-10-4-3-5-13(19(29)30)23-18(20(31)32)21(33)34/h6-7,11,13,18,23,25-26H,2-5,8-10H2,1H3,(H,22,27)(H,29,30)(H,31,32)(H,33,34). The topological polar surface area (TPSA) is 214 Å². The fourth-order valence-electron chi connectivity index (χ4n) is 3.06. The summed E-state index contributed by atoms with van der Waals surface area (Å²) >= 11 is 0. The van der Waals surface area contributed by atoms with Crippen LogP contribution in [0.4, 0.5) is 5.69 Å². The van der Waals surface area contributed by atoms with Crippen LogP contribution in [0.2, 0.25) is 0 Å². The van der Waals surface area contributed by atoms with Crippen molar-refractivity contribution in [3.8, 4) is 11.5 Å². The molecule has 7 N–H and O–H groups in total. The third-order valence-electron chi connectivity index (χ3n) is 4.86. The molecule has 0 saturated carbocycles. The Morgan fingerprint density at radius 3 is 2.09 bits per heavy atom. The van der Waals surface area contributed by atoms with Gasteiger partial charge in [0.2, 0.25) is 17.9 Å². The lowest BCUT2D eigenvalue weighted by Gasteiger charge is -2.21. The van der Waals surface area contributed by atoms with Gasteiger partial charge in [-0.1, -0.05) is 0 Å². The highest BCUT2D eigenvalue weighted by atomic mass is 16.4. The molecule has 1 aromatic rings. The molecule has 13 nitrogen and oxygen atoms in total. The van der Waals surface area contributed by atoms with Crippen molar-refractivity contribution in [1.29, 1.82) is 0 Å². The number of aliphatic carboxylic acids is 3. The quantitative estimate of drug-likeness (QED) is 0.101. The Balaban J connectivity index is 2.41. The maximum atomic E-state index is 12.4. The molecule has 1 atom stereocenters. The second-order valence-electron chi connectivity index (χ2n) is 7.32. The summed E-state index contributed by atoms with van der Waals surface area (Å²) in [5.41, 5.74) is 0.373. The molecule has 0 bridgehead atoms. The summed E-state index contributed by atoms with van der Waals surface area (Å²) in [5, 5.41) is 50.5. The number of carbonyl (C=O) groups excluding carboxylic acids is 2. The largest absolute Gasteiger partial charge is 0.504 e. The summed E-state index contributed by atoms with van der Waals surface area (Å²) in [6.45, 7) is 2.19. The molecule has 1 aromatic carbocycles. The predicted molar refractivity (Wildman–Crippen MR) is 118 cm³/mol. The van der Waals surface area contributed by atoms with Gasteiger partial charge >= 0.3 is 17.9 Å². The Hall–Kier alpha value is -3.87. The summed E-state index contributed by atoms with van der Waals surface area (Å²) in [6.07, 6.45) is 0.369. The number of phenols is 2. The first kappa shape index (κ1) is 28.2. The number of hydrogen-bond donors (Lipinski definition) is 7. The number of nitrogens with zero attached hydrogens (tertiary/aromatic N) is 1. The number of carboxylic acids is 3. The summed E-state index contributed by atoms with van der Waals surface area (Å²) in [7, 11) is 0. The Labute approximate surface area is 195 Å². The van der Waals surface area contributed by atoms with Crippen molar-refractivity contribution in [3.05, 3.63) is 18.2 Å². The third-order valence-corrected chi connectivity index (χ3v) is 4.86. The zero-order chi connectivity index (χ0) is 25.8. The van der Waals surface area contributed by atoms with Crippen molar-refractivity contribution in [2.45, 2.75) is 51.1 Å². The molecule has 0 aromatic heterocycles. The van der Waals surface area contributed by atoms with E-state index in [9.17, 15) is 34.2 Å². The Morgan fingerprint density at radius 2 is 1.56 bits per heavy atom. The van der Waals surface area contributed by atoms with Crippen LogP contribution in [0.25, 0.3) is 0 Å². The summed E-state index contributed by atoms with van der Waals surface area (Å²) < 4.78 is 0. The molecule has 0 saturated heterocycles. The van der Waals surface area contributed by atoms with E-state index in [0.717, 1.165) is 0 Å². The van der Waals surface area contributed by atoms with Gasteiger partial charge in [0, 0.05) is 37.7 Å². The van der Waals surface area contributed by atoms with Crippen LogP contribution in [0.5, 0.6) is 11.5 Å². The highest BCUT2D eigenvalue weighted by Crippen LogP contribution is 2.29. The van der Waals surface area contributed by atoms with Gasteiger partial charge in [-0.25, -0.2) is 9.59 Å².